The fourth-order valence-electron chi connectivity index (χ4n) is 3.37. The summed E-state index contributed by atoms with van der Waals surface area (Å²) in [5.41, 5.74) is 1.48. The molecule has 0 aliphatic carbocycles. The molecule has 6 nitrogen and oxygen atoms in total. The van der Waals surface area contributed by atoms with Crippen LogP contribution in [0.1, 0.15) is 33.1 Å². The molecule has 0 unspecified atom stereocenters. The molecule has 1 aliphatic heterocycles. The van der Waals surface area contributed by atoms with Gasteiger partial charge in [-0.15, -0.1) is 0 Å². The third-order valence-electron chi connectivity index (χ3n) is 4.75. The SMILES string of the molecule is N#Cc1cc(F)cc(C(=O)N2CCc3nc(Cc4ccccc4)nn3CC2)c1. The number of aromatic nitrogens is 3. The van der Waals surface area contributed by atoms with Gasteiger partial charge < -0.3 is 4.90 Å². The van der Waals surface area contributed by atoms with Crippen molar-refractivity contribution in [2.45, 2.75) is 19.4 Å². The van der Waals surface area contributed by atoms with E-state index in [1.807, 2.05) is 41.1 Å². The summed E-state index contributed by atoms with van der Waals surface area (Å²) in [7, 11) is 0. The van der Waals surface area contributed by atoms with Gasteiger partial charge in [-0.05, 0) is 23.8 Å². The lowest BCUT2D eigenvalue weighted by Gasteiger charge is -2.20. The van der Waals surface area contributed by atoms with Crippen molar-refractivity contribution in [3.05, 3.63) is 82.7 Å². The van der Waals surface area contributed by atoms with Gasteiger partial charge >= 0.3 is 0 Å². The van der Waals surface area contributed by atoms with Crippen molar-refractivity contribution in [2.75, 3.05) is 13.1 Å². The van der Waals surface area contributed by atoms with Gasteiger partial charge in [-0.25, -0.2) is 14.1 Å². The van der Waals surface area contributed by atoms with Crippen LogP contribution >= 0.6 is 0 Å². The number of halogens is 1. The summed E-state index contributed by atoms with van der Waals surface area (Å²) >= 11 is 0. The van der Waals surface area contributed by atoms with Gasteiger partial charge in [-0.1, -0.05) is 30.3 Å². The molecule has 7 heteroatoms. The van der Waals surface area contributed by atoms with Crippen LogP contribution in [0.5, 0.6) is 0 Å². The number of carbonyl (C=O) groups excluding carboxylic acids is 1. The number of hydrogen-bond acceptors (Lipinski definition) is 4. The first-order chi connectivity index (χ1) is 13.6. The molecule has 2 aromatic carbocycles. The van der Waals surface area contributed by atoms with Crippen molar-refractivity contribution in [3.8, 4) is 6.07 Å². The maximum Gasteiger partial charge on any atom is 0.254 e. The molecule has 0 fully saturated rings. The van der Waals surface area contributed by atoms with Crippen LogP contribution in [0.2, 0.25) is 0 Å². The first-order valence-corrected chi connectivity index (χ1v) is 9.09. The Balaban J connectivity index is 1.47. The number of nitriles is 1. The molecule has 4 rings (SSSR count). The molecule has 2 heterocycles. The molecule has 1 amide bonds. The Morgan fingerprint density at radius 3 is 2.75 bits per heavy atom. The largest absolute Gasteiger partial charge is 0.336 e. The van der Waals surface area contributed by atoms with Crippen LogP contribution < -0.4 is 0 Å². The summed E-state index contributed by atoms with van der Waals surface area (Å²) in [5, 5.41) is 13.6. The summed E-state index contributed by atoms with van der Waals surface area (Å²) in [4.78, 5) is 19.0. The first kappa shape index (κ1) is 17.9. The highest BCUT2D eigenvalue weighted by Gasteiger charge is 2.22. The highest BCUT2D eigenvalue weighted by Crippen LogP contribution is 2.15. The maximum atomic E-state index is 13.7. The number of rotatable bonds is 3. The standard InChI is InChI=1S/C21H18FN5O/c22-18-11-16(14-23)10-17(13-18)21(28)26-7-6-20-24-19(25-27(20)9-8-26)12-15-4-2-1-3-5-15/h1-5,10-11,13H,6-9,12H2. The van der Waals surface area contributed by atoms with Gasteiger partial charge in [0.1, 0.15) is 11.6 Å². The minimum Gasteiger partial charge on any atom is -0.336 e. The number of nitrogens with zero attached hydrogens (tertiary/aromatic N) is 5. The number of fused-ring (bicyclic) bond motifs is 1. The number of carbonyl (C=O) groups is 1. The second-order valence-electron chi connectivity index (χ2n) is 6.71. The van der Waals surface area contributed by atoms with E-state index >= 15 is 0 Å². The Morgan fingerprint density at radius 2 is 1.96 bits per heavy atom. The quantitative estimate of drug-likeness (QED) is 0.705. The Bertz CT molecular complexity index is 1030. The molecular weight excluding hydrogens is 357 g/mol. The Kier molecular flexibility index (Phi) is 4.85. The van der Waals surface area contributed by atoms with E-state index in [9.17, 15) is 9.18 Å². The Labute approximate surface area is 161 Å². The van der Waals surface area contributed by atoms with Crippen LogP contribution in [-0.2, 0) is 19.4 Å². The summed E-state index contributed by atoms with van der Waals surface area (Å²) < 4.78 is 15.5. The summed E-state index contributed by atoms with van der Waals surface area (Å²) in [6, 6.07) is 15.6. The minimum absolute atomic E-state index is 0.137. The fraction of sp³-hybridized carbons (Fsp3) is 0.238. The second kappa shape index (κ2) is 7.61. The minimum atomic E-state index is -0.586. The van der Waals surface area contributed by atoms with Crippen molar-refractivity contribution in [1.82, 2.24) is 19.7 Å². The van der Waals surface area contributed by atoms with Gasteiger partial charge in [0.05, 0.1) is 18.2 Å². The summed E-state index contributed by atoms with van der Waals surface area (Å²) in [6.07, 6.45) is 1.25. The third kappa shape index (κ3) is 3.76. The molecule has 0 bridgehead atoms. The van der Waals surface area contributed by atoms with E-state index in [4.69, 9.17) is 5.26 Å². The van der Waals surface area contributed by atoms with E-state index in [2.05, 4.69) is 10.1 Å². The van der Waals surface area contributed by atoms with Crippen LogP contribution in [-0.4, -0.2) is 38.7 Å². The van der Waals surface area contributed by atoms with E-state index in [0.717, 1.165) is 23.3 Å². The molecule has 140 valence electrons. The molecule has 28 heavy (non-hydrogen) atoms. The molecule has 0 spiro atoms. The lowest BCUT2D eigenvalue weighted by atomic mass is 10.1. The van der Waals surface area contributed by atoms with Crippen molar-refractivity contribution < 1.29 is 9.18 Å². The topological polar surface area (TPSA) is 74.8 Å². The van der Waals surface area contributed by atoms with Crippen LogP contribution in [0.3, 0.4) is 0 Å². The van der Waals surface area contributed by atoms with Crippen LogP contribution in [0, 0.1) is 17.1 Å². The third-order valence-corrected chi connectivity index (χ3v) is 4.75. The van der Waals surface area contributed by atoms with Gasteiger partial charge in [0.15, 0.2) is 5.82 Å². The van der Waals surface area contributed by atoms with E-state index in [-0.39, 0.29) is 17.0 Å². The van der Waals surface area contributed by atoms with Crippen LogP contribution in [0.15, 0.2) is 48.5 Å². The Morgan fingerprint density at radius 1 is 1.14 bits per heavy atom. The number of hydrogen-bond donors (Lipinski definition) is 0. The van der Waals surface area contributed by atoms with E-state index < -0.39 is 5.82 Å². The fourth-order valence-corrected chi connectivity index (χ4v) is 3.37. The maximum absolute atomic E-state index is 13.7. The predicted molar refractivity (Wildman–Crippen MR) is 100.0 cm³/mol. The van der Waals surface area contributed by atoms with Crippen LogP contribution in [0.25, 0.3) is 0 Å². The van der Waals surface area contributed by atoms with Crippen molar-refractivity contribution in [1.29, 1.82) is 5.26 Å². The summed E-state index contributed by atoms with van der Waals surface area (Å²) in [6.45, 7) is 1.46. The molecular formula is C21H18FN5O. The molecule has 0 radical (unpaired) electrons. The van der Waals surface area contributed by atoms with Crippen molar-refractivity contribution in [3.63, 3.8) is 0 Å². The molecule has 0 atom stereocenters. The van der Waals surface area contributed by atoms with Gasteiger partial charge in [-0.3, -0.25) is 4.79 Å². The number of benzene rings is 2. The molecule has 1 aliphatic rings. The van der Waals surface area contributed by atoms with Crippen molar-refractivity contribution in [2.24, 2.45) is 0 Å². The van der Waals surface area contributed by atoms with Gasteiger partial charge in [0.2, 0.25) is 0 Å². The number of amides is 1. The van der Waals surface area contributed by atoms with Crippen molar-refractivity contribution >= 4 is 5.91 Å². The van der Waals surface area contributed by atoms with E-state index in [0.29, 0.717) is 32.5 Å². The molecule has 0 N–H and O–H groups in total. The molecule has 0 saturated carbocycles. The van der Waals surface area contributed by atoms with Crippen LogP contribution in [0.4, 0.5) is 4.39 Å². The lowest BCUT2D eigenvalue weighted by Crippen LogP contribution is -2.33. The monoisotopic (exact) mass is 375 g/mol. The van der Waals surface area contributed by atoms with E-state index in [1.165, 1.54) is 12.1 Å². The van der Waals surface area contributed by atoms with E-state index in [1.54, 1.807) is 4.90 Å². The highest BCUT2D eigenvalue weighted by atomic mass is 19.1. The molecule has 1 aromatic heterocycles. The van der Waals surface area contributed by atoms with Gasteiger partial charge in [-0.2, -0.15) is 10.4 Å². The van der Waals surface area contributed by atoms with Gasteiger partial charge in [0, 0.05) is 31.5 Å². The predicted octanol–water partition coefficient (Wildman–Crippen LogP) is 2.58. The lowest BCUT2D eigenvalue weighted by molar-refractivity contribution is 0.0757. The smallest absolute Gasteiger partial charge is 0.254 e. The first-order valence-electron chi connectivity index (χ1n) is 9.09. The zero-order valence-electron chi connectivity index (χ0n) is 15.2. The normalized spacial score (nSPS) is 13.5. The van der Waals surface area contributed by atoms with Gasteiger partial charge in [0.25, 0.3) is 5.91 Å². The average molecular weight is 375 g/mol. The Hall–Kier alpha value is -3.53. The zero-order valence-corrected chi connectivity index (χ0v) is 15.2. The highest BCUT2D eigenvalue weighted by molar-refractivity contribution is 5.94. The zero-order chi connectivity index (χ0) is 19.5. The second-order valence-corrected chi connectivity index (χ2v) is 6.71. The summed E-state index contributed by atoms with van der Waals surface area (Å²) in [5.74, 6) is 0.742. The average Bonchev–Trinajstić information content (AvgIpc) is 2.98. The molecule has 0 saturated heterocycles. The molecule has 3 aromatic rings.